The van der Waals surface area contributed by atoms with E-state index < -0.39 is 0 Å². The molecule has 1 saturated heterocycles. The lowest BCUT2D eigenvalue weighted by Crippen LogP contribution is -2.47. The molecule has 0 atom stereocenters. The van der Waals surface area contributed by atoms with Crippen molar-refractivity contribution in [3.8, 4) is 11.1 Å². The van der Waals surface area contributed by atoms with Gasteiger partial charge in [-0.05, 0) is 48.2 Å². The highest BCUT2D eigenvalue weighted by Gasteiger charge is 2.25. The van der Waals surface area contributed by atoms with Crippen molar-refractivity contribution in [1.29, 1.82) is 0 Å². The summed E-state index contributed by atoms with van der Waals surface area (Å²) >= 11 is 0. The van der Waals surface area contributed by atoms with Gasteiger partial charge in [0.05, 0.1) is 23.4 Å². The minimum absolute atomic E-state index is 0.134. The fourth-order valence-corrected chi connectivity index (χ4v) is 4.61. The van der Waals surface area contributed by atoms with Gasteiger partial charge in [0, 0.05) is 50.2 Å². The summed E-state index contributed by atoms with van der Waals surface area (Å²) in [5, 5.41) is 3.03. The highest BCUT2D eigenvalue weighted by atomic mass is 16.1. The number of carbonyl (C=O) groups excluding carboxylic acids is 1. The minimum atomic E-state index is 0.134. The van der Waals surface area contributed by atoms with E-state index in [-0.39, 0.29) is 11.8 Å². The standard InChI is InChI=1S/C27H27N7O/c35-27(20-2-1-3-20)31-22-7-4-19(5-8-22)21-6-9-23-24(16-21)32-26(18-30-23)34-14-12-33(13-15-34)25-17-28-10-11-29-25/h4-11,16-18,20H,1-3,12-15H2,(H,31,35). The largest absolute Gasteiger partial charge is 0.352 e. The molecule has 2 aromatic heterocycles. The van der Waals surface area contributed by atoms with Crippen molar-refractivity contribution in [2.45, 2.75) is 19.3 Å². The van der Waals surface area contributed by atoms with Gasteiger partial charge in [-0.1, -0.05) is 24.6 Å². The Labute approximate surface area is 204 Å². The second-order valence-electron chi connectivity index (χ2n) is 9.16. The normalized spacial score (nSPS) is 16.2. The first-order valence-electron chi connectivity index (χ1n) is 12.2. The van der Waals surface area contributed by atoms with Gasteiger partial charge < -0.3 is 15.1 Å². The van der Waals surface area contributed by atoms with E-state index in [1.807, 2.05) is 42.7 Å². The predicted molar refractivity (Wildman–Crippen MR) is 137 cm³/mol. The van der Waals surface area contributed by atoms with E-state index in [9.17, 15) is 4.79 Å². The number of hydrogen-bond donors (Lipinski definition) is 1. The molecule has 3 heterocycles. The number of piperazine rings is 1. The highest BCUT2D eigenvalue weighted by Crippen LogP contribution is 2.29. The van der Waals surface area contributed by atoms with Gasteiger partial charge >= 0.3 is 0 Å². The molecule has 0 radical (unpaired) electrons. The Morgan fingerprint density at radius 2 is 1.54 bits per heavy atom. The lowest BCUT2D eigenvalue weighted by molar-refractivity contribution is -0.122. The number of hydrogen-bond acceptors (Lipinski definition) is 7. The van der Waals surface area contributed by atoms with Crippen LogP contribution in [-0.2, 0) is 4.79 Å². The smallest absolute Gasteiger partial charge is 0.227 e. The molecule has 1 N–H and O–H groups in total. The molecule has 1 aliphatic heterocycles. The highest BCUT2D eigenvalue weighted by molar-refractivity contribution is 5.93. The van der Waals surface area contributed by atoms with Crippen molar-refractivity contribution in [2.24, 2.45) is 5.92 Å². The van der Waals surface area contributed by atoms with Crippen molar-refractivity contribution in [3.05, 3.63) is 67.3 Å². The summed E-state index contributed by atoms with van der Waals surface area (Å²) in [7, 11) is 0. The van der Waals surface area contributed by atoms with E-state index >= 15 is 0 Å². The summed E-state index contributed by atoms with van der Waals surface area (Å²) < 4.78 is 0. The number of benzene rings is 2. The quantitative estimate of drug-likeness (QED) is 0.474. The van der Waals surface area contributed by atoms with Gasteiger partial charge in [-0.3, -0.25) is 14.8 Å². The summed E-state index contributed by atoms with van der Waals surface area (Å²) in [6.45, 7) is 3.43. The third-order valence-corrected chi connectivity index (χ3v) is 6.97. The summed E-state index contributed by atoms with van der Waals surface area (Å²) in [4.78, 5) is 34.9. The molecule has 0 bridgehead atoms. The molecule has 2 aliphatic rings. The molecule has 4 aromatic rings. The summed E-state index contributed by atoms with van der Waals surface area (Å²) in [5.41, 5.74) is 4.75. The monoisotopic (exact) mass is 465 g/mol. The number of amides is 1. The molecule has 176 valence electrons. The fraction of sp³-hybridized carbons (Fsp3) is 0.296. The van der Waals surface area contributed by atoms with E-state index in [0.717, 1.165) is 84.9 Å². The first kappa shape index (κ1) is 21.5. The van der Waals surface area contributed by atoms with E-state index in [1.54, 1.807) is 12.4 Å². The van der Waals surface area contributed by atoms with E-state index in [4.69, 9.17) is 4.98 Å². The van der Waals surface area contributed by atoms with Gasteiger partial charge in [-0.2, -0.15) is 0 Å². The number of fused-ring (bicyclic) bond motifs is 1. The third kappa shape index (κ3) is 4.51. The van der Waals surface area contributed by atoms with Crippen LogP contribution in [0.1, 0.15) is 19.3 Å². The number of nitrogens with one attached hydrogen (secondary N) is 1. The Morgan fingerprint density at radius 3 is 2.23 bits per heavy atom. The fourth-order valence-electron chi connectivity index (χ4n) is 4.61. The zero-order valence-electron chi connectivity index (χ0n) is 19.5. The molecule has 1 aliphatic carbocycles. The van der Waals surface area contributed by atoms with Crippen LogP contribution in [0.4, 0.5) is 17.3 Å². The Hall–Kier alpha value is -4.07. The number of aromatic nitrogens is 4. The van der Waals surface area contributed by atoms with Crippen LogP contribution in [-0.4, -0.2) is 52.0 Å². The molecular weight excluding hydrogens is 438 g/mol. The Kier molecular flexibility index (Phi) is 5.70. The van der Waals surface area contributed by atoms with E-state index in [0.29, 0.717) is 0 Å². The molecular formula is C27H27N7O. The Morgan fingerprint density at radius 1 is 0.800 bits per heavy atom. The Bertz CT molecular complexity index is 1330. The zero-order chi connectivity index (χ0) is 23.6. The maximum atomic E-state index is 12.2. The van der Waals surface area contributed by atoms with Crippen LogP contribution in [0.25, 0.3) is 22.2 Å². The first-order chi connectivity index (χ1) is 17.2. The molecule has 1 saturated carbocycles. The van der Waals surface area contributed by atoms with Crippen LogP contribution < -0.4 is 15.1 Å². The van der Waals surface area contributed by atoms with Gasteiger partial charge in [0.25, 0.3) is 0 Å². The lowest BCUT2D eigenvalue weighted by atomic mass is 9.85. The van der Waals surface area contributed by atoms with Gasteiger partial charge in [-0.15, -0.1) is 0 Å². The van der Waals surface area contributed by atoms with Crippen LogP contribution >= 0.6 is 0 Å². The SMILES string of the molecule is O=C(Nc1ccc(-c2ccc3ncc(N4CCN(c5cnccn5)CC4)nc3c2)cc1)C1CCC1. The van der Waals surface area contributed by atoms with Crippen molar-refractivity contribution in [1.82, 2.24) is 19.9 Å². The van der Waals surface area contributed by atoms with Crippen molar-refractivity contribution < 1.29 is 4.79 Å². The molecule has 8 heteroatoms. The number of anilines is 3. The Balaban J connectivity index is 1.16. The van der Waals surface area contributed by atoms with Crippen LogP contribution in [0.2, 0.25) is 0 Å². The topological polar surface area (TPSA) is 87.1 Å². The molecule has 2 fully saturated rings. The molecule has 35 heavy (non-hydrogen) atoms. The second-order valence-corrected chi connectivity index (χ2v) is 9.16. The van der Waals surface area contributed by atoms with E-state index in [1.165, 1.54) is 0 Å². The van der Waals surface area contributed by atoms with Crippen LogP contribution in [0.5, 0.6) is 0 Å². The van der Waals surface area contributed by atoms with Crippen LogP contribution in [0.15, 0.2) is 67.3 Å². The maximum absolute atomic E-state index is 12.2. The van der Waals surface area contributed by atoms with Gasteiger partial charge in [-0.25, -0.2) is 9.97 Å². The number of nitrogens with zero attached hydrogens (tertiary/aromatic N) is 6. The summed E-state index contributed by atoms with van der Waals surface area (Å²) in [6.07, 6.45) is 10.3. The molecule has 8 nitrogen and oxygen atoms in total. The third-order valence-electron chi connectivity index (χ3n) is 6.97. The van der Waals surface area contributed by atoms with Crippen molar-refractivity contribution in [2.75, 3.05) is 41.3 Å². The van der Waals surface area contributed by atoms with Crippen LogP contribution in [0, 0.1) is 5.92 Å². The molecule has 1 amide bonds. The average Bonchev–Trinajstić information content (AvgIpc) is 2.88. The van der Waals surface area contributed by atoms with Gasteiger partial charge in [0.2, 0.25) is 5.91 Å². The summed E-state index contributed by atoms with van der Waals surface area (Å²) in [5.74, 6) is 2.12. The van der Waals surface area contributed by atoms with Crippen molar-refractivity contribution in [3.63, 3.8) is 0 Å². The van der Waals surface area contributed by atoms with Crippen LogP contribution in [0.3, 0.4) is 0 Å². The maximum Gasteiger partial charge on any atom is 0.227 e. The first-order valence-corrected chi connectivity index (χ1v) is 12.2. The minimum Gasteiger partial charge on any atom is -0.352 e. The van der Waals surface area contributed by atoms with Gasteiger partial charge in [0.1, 0.15) is 11.6 Å². The van der Waals surface area contributed by atoms with Gasteiger partial charge in [0.15, 0.2) is 0 Å². The molecule has 6 rings (SSSR count). The lowest BCUT2D eigenvalue weighted by Gasteiger charge is -2.35. The molecule has 0 spiro atoms. The van der Waals surface area contributed by atoms with Crippen molar-refractivity contribution >= 4 is 34.3 Å². The zero-order valence-corrected chi connectivity index (χ0v) is 19.5. The molecule has 2 aromatic carbocycles. The van der Waals surface area contributed by atoms with E-state index in [2.05, 4.69) is 42.2 Å². The summed E-state index contributed by atoms with van der Waals surface area (Å²) in [6, 6.07) is 14.2. The second kappa shape index (κ2) is 9.29. The average molecular weight is 466 g/mol. The predicted octanol–water partition coefficient (Wildman–Crippen LogP) is 4.15. The molecule has 0 unspecified atom stereocenters. The number of carbonyl (C=O) groups is 1. The number of rotatable bonds is 5.